The highest BCUT2D eigenvalue weighted by atomic mass is 15.3. The number of benzene rings is 1. The molecule has 1 aromatic carbocycles. The maximum absolute atomic E-state index is 5.57. The lowest BCUT2D eigenvalue weighted by Crippen LogP contribution is -2.05. The van der Waals surface area contributed by atoms with Gasteiger partial charge in [0.05, 0.1) is 11.9 Å². The van der Waals surface area contributed by atoms with Crippen molar-refractivity contribution in [2.75, 3.05) is 6.54 Å². The standard InChI is InChI=1S/C13H17N3/c1-10-5-3-4-6-13(10)16-11(2)12(7-8-14)9-15-16/h3-6,9H,7-8,14H2,1-2H3. The Morgan fingerprint density at radius 2 is 2.00 bits per heavy atom. The predicted octanol–water partition coefficient (Wildman–Crippen LogP) is 1.99. The minimum atomic E-state index is 0.667. The van der Waals surface area contributed by atoms with Crippen LogP contribution in [0.25, 0.3) is 5.69 Å². The lowest BCUT2D eigenvalue weighted by atomic mass is 10.1. The highest BCUT2D eigenvalue weighted by Crippen LogP contribution is 2.17. The van der Waals surface area contributed by atoms with Gasteiger partial charge in [0.15, 0.2) is 0 Å². The summed E-state index contributed by atoms with van der Waals surface area (Å²) < 4.78 is 1.99. The molecule has 2 aromatic rings. The molecular weight excluding hydrogens is 198 g/mol. The first-order valence-corrected chi connectivity index (χ1v) is 5.53. The molecule has 1 heterocycles. The minimum absolute atomic E-state index is 0.667. The lowest BCUT2D eigenvalue weighted by molar-refractivity contribution is 0.835. The van der Waals surface area contributed by atoms with Crippen molar-refractivity contribution in [1.29, 1.82) is 0 Å². The topological polar surface area (TPSA) is 43.8 Å². The molecule has 2 rings (SSSR count). The molecule has 0 unspecified atom stereocenters. The maximum atomic E-state index is 5.57. The van der Waals surface area contributed by atoms with Gasteiger partial charge in [-0.2, -0.15) is 5.10 Å². The molecule has 0 aliphatic carbocycles. The second kappa shape index (κ2) is 4.49. The van der Waals surface area contributed by atoms with E-state index in [4.69, 9.17) is 5.73 Å². The van der Waals surface area contributed by atoms with E-state index < -0.39 is 0 Å². The van der Waals surface area contributed by atoms with E-state index in [1.165, 1.54) is 16.8 Å². The number of aryl methyl sites for hydroxylation is 1. The number of nitrogens with zero attached hydrogens (tertiary/aromatic N) is 2. The summed E-state index contributed by atoms with van der Waals surface area (Å²) in [6, 6.07) is 8.26. The summed E-state index contributed by atoms with van der Waals surface area (Å²) in [6.45, 7) is 4.85. The molecule has 0 spiro atoms. The zero-order valence-corrected chi connectivity index (χ0v) is 9.77. The largest absolute Gasteiger partial charge is 0.330 e. The van der Waals surface area contributed by atoms with E-state index in [1.54, 1.807) is 0 Å². The van der Waals surface area contributed by atoms with Gasteiger partial charge < -0.3 is 5.73 Å². The van der Waals surface area contributed by atoms with Gasteiger partial charge in [-0.05, 0) is 44.0 Å². The zero-order valence-electron chi connectivity index (χ0n) is 9.77. The summed E-state index contributed by atoms with van der Waals surface area (Å²) in [5.41, 5.74) is 10.3. The van der Waals surface area contributed by atoms with E-state index in [0.717, 1.165) is 12.1 Å². The van der Waals surface area contributed by atoms with E-state index >= 15 is 0 Å². The molecule has 0 amide bonds. The van der Waals surface area contributed by atoms with Gasteiger partial charge in [-0.15, -0.1) is 0 Å². The smallest absolute Gasteiger partial charge is 0.0677 e. The minimum Gasteiger partial charge on any atom is -0.330 e. The van der Waals surface area contributed by atoms with Crippen LogP contribution in [0.3, 0.4) is 0 Å². The molecule has 0 saturated heterocycles. The third-order valence-corrected chi connectivity index (χ3v) is 2.87. The number of hydrogen-bond donors (Lipinski definition) is 1. The van der Waals surface area contributed by atoms with Crippen molar-refractivity contribution < 1.29 is 0 Å². The van der Waals surface area contributed by atoms with Crippen LogP contribution in [0, 0.1) is 13.8 Å². The summed E-state index contributed by atoms with van der Waals surface area (Å²) in [7, 11) is 0. The summed E-state index contributed by atoms with van der Waals surface area (Å²) in [5.74, 6) is 0. The van der Waals surface area contributed by atoms with Crippen LogP contribution < -0.4 is 5.73 Å². The third kappa shape index (κ3) is 1.86. The van der Waals surface area contributed by atoms with Crippen molar-refractivity contribution in [2.24, 2.45) is 5.73 Å². The van der Waals surface area contributed by atoms with Crippen molar-refractivity contribution >= 4 is 0 Å². The fourth-order valence-corrected chi connectivity index (χ4v) is 1.89. The average Bonchev–Trinajstić information content (AvgIpc) is 2.62. The maximum Gasteiger partial charge on any atom is 0.0677 e. The summed E-state index contributed by atoms with van der Waals surface area (Å²) >= 11 is 0. The van der Waals surface area contributed by atoms with Gasteiger partial charge in [0.25, 0.3) is 0 Å². The quantitative estimate of drug-likeness (QED) is 0.851. The van der Waals surface area contributed by atoms with Gasteiger partial charge in [0.1, 0.15) is 0 Å². The van der Waals surface area contributed by atoms with Crippen LogP contribution in [0.2, 0.25) is 0 Å². The van der Waals surface area contributed by atoms with Crippen molar-refractivity contribution in [2.45, 2.75) is 20.3 Å². The molecule has 0 atom stereocenters. The number of aromatic nitrogens is 2. The van der Waals surface area contributed by atoms with E-state index in [2.05, 4.69) is 31.1 Å². The Balaban J connectivity index is 2.45. The molecule has 2 N–H and O–H groups in total. The van der Waals surface area contributed by atoms with E-state index in [-0.39, 0.29) is 0 Å². The number of hydrogen-bond acceptors (Lipinski definition) is 2. The molecule has 3 heteroatoms. The van der Waals surface area contributed by atoms with E-state index in [0.29, 0.717) is 6.54 Å². The summed E-state index contributed by atoms with van der Waals surface area (Å²) in [5, 5.41) is 4.43. The van der Waals surface area contributed by atoms with Crippen LogP contribution in [-0.2, 0) is 6.42 Å². The van der Waals surface area contributed by atoms with Crippen LogP contribution >= 0.6 is 0 Å². The molecule has 0 fully saturated rings. The van der Waals surface area contributed by atoms with Gasteiger partial charge in [-0.1, -0.05) is 18.2 Å². The Morgan fingerprint density at radius 3 is 2.69 bits per heavy atom. The number of para-hydroxylation sites is 1. The van der Waals surface area contributed by atoms with E-state index in [1.807, 2.05) is 23.0 Å². The number of rotatable bonds is 3. The molecule has 84 valence electrons. The van der Waals surface area contributed by atoms with Crippen molar-refractivity contribution in [3.8, 4) is 5.69 Å². The fourth-order valence-electron chi connectivity index (χ4n) is 1.89. The highest BCUT2D eigenvalue weighted by Gasteiger charge is 2.08. The van der Waals surface area contributed by atoms with Crippen LogP contribution in [0.15, 0.2) is 30.5 Å². The monoisotopic (exact) mass is 215 g/mol. The van der Waals surface area contributed by atoms with Gasteiger partial charge in [0.2, 0.25) is 0 Å². The number of nitrogens with two attached hydrogens (primary N) is 1. The van der Waals surface area contributed by atoms with Crippen LogP contribution in [0.4, 0.5) is 0 Å². The van der Waals surface area contributed by atoms with Gasteiger partial charge in [-0.25, -0.2) is 4.68 Å². The van der Waals surface area contributed by atoms with E-state index in [9.17, 15) is 0 Å². The summed E-state index contributed by atoms with van der Waals surface area (Å²) in [4.78, 5) is 0. The Kier molecular flexibility index (Phi) is 3.06. The normalized spacial score (nSPS) is 10.7. The Bertz CT molecular complexity index is 486. The Morgan fingerprint density at radius 1 is 1.25 bits per heavy atom. The lowest BCUT2D eigenvalue weighted by Gasteiger charge is -2.08. The molecule has 3 nitrogen and oxygen atoms in total. The average molecular weight is 215 g/mol. The molecule has 0 aliphatic rings. The third-order valence-electron chi connectivity index (χ3n) is 2.87. The first-order valence-electron chi connectivity index (χ1n) is 5.53. The fraction of sp³-hybridized carbons (Fsp3) is 0.308. The predicted molar refractivity (Wildman–Crippen MR) is 65.8 cm³/mol. The zero-order chi connectivity index (χ0) is 11.5. The van der Waals surface area contributed by atoms with Gasteiger partial charge in [-0.3, -0.25) is 0 Å². The molecule has 1 aromatic heterocycles. The molecule has 16 heavy (non-hydrogen) atoms. The molecule has 0 radical (unpaired) electrons. The molecule has 0 saturated carbocycles. The van der Waals surface area contributed by atoms with Crippen LogP contribution in [0.5, 0.6) is 0 Å². The van der Waals surface area contributed by atoms with Crippen molar-refractivity contribution in [3.63, 3.8) is 0 Å². The second-order valence-corrected chi connectivity index (χ2v) is 3.99. The molecule has 0 aliphatic heterocycles. The van der Waals surface area contributed by atoms with Gasteiger partial charge >= 0.3 is 0 Å². The van der Waals surface area contributed by atoms with Crippen molar-refractivity contribution in [3.05, 3.63) is 47.3 Å². The van der Waals surface area contributed by atoms with Crippen molar-refractivity contribution in [1.82, 2.24) is 9.78 Å². The van der Waals surface area contributed by atoms with Crippen LogP contribution in [0.1, 0.15) is 16.8 Å². The van der Waals surface area contributed by atoms with Gasteiger partial charge in [0, 0.05) is 5.69 Å². The Labute approximate surface area is 95.9 Å². The second-order valence-electron chi connectivity index (χ2n) is 3.99. The molecule has 0 bridgehead atoms. The molecular formula is C13H17N3. The Hall–Kier alpha value is -1.61. The highest BCUT2D eigenvalue weighted by molar-refractivity contribution is 5.41. The SMILES string of the molecule is Cc1ccccc1-n1ncc(CCN)c1C. The van der Waals surface area contributed by atoms with Crippen LogP contribution in [-0.4, -0.2) is 16.3 Å². The first kappa shape index (κ1) is 10.9. The summed E-state index contributed by atoms with van der Waals surface area (Å²) in [6.07, 6.45) is 2.80. The first-order chi connectivity index (χ1) is 7.74.